The normalized spacial score (nSPS) is 18.4. The first-order valence-electron chi connectivity index (χ1n) is 8.35. The van der Waals surface area contributed by atoms with Crippen LogP contribution >= 0.6 is 0 Å². The van der Waals surface area contributed by atoms with E-state index in [4.69, 9.17) is 5.73 Å². The van der Waals surface area contributed by atoms with Gasteiger partial charge in [0.2, 0.25) is 0 Å². The van der Waals surface area contributed by atoms with Crippen molar-refractivity contribution in [2.24, 2.45) is 0 Å². The number of sulfone groups is 1. The fraction of sp³-hybridized carbons (Fsp3) is 0.211. The Hall–Kier alpha value is -2.67. The van der Waals surface area contributed by atoms with Gasteiger partial charge in [-0.3, -0.25) is 0 Å². The number of hydrogen-bond donors (Lipinski definition) is 2. The van der Waals surface area contributed by atoms with Crippen molar-refractivity contribution in [3.8, 4) is 0 Å². The average Bonchev–Trinajstić information content (AvgIpc) is 2.63. The number of anilines is 2. The Morgan fingerprint density at radius 3 is 2.85 bits per heavy atom. The number of benzene rings is 2. The Morgan fingerprint density at radius 2 is 2.00 bits per heavy atom. The number of aromatic nitrogens is 1. The first-order valence-corrected chi connectivity index (χ1v) is 10.0. The van der Waals surface area contributed by atoms with E-state index in [0.29, 0.717) is 40.1 Å². The van der Waals surface area contributed by atoms with Crippen molar-refractivity contribution >= 4 is 32.1 Å². The summed E-state index contributed by atoms with van der Waals surface area (Å²) in [5.74, 6) is 0.314. The van der Waals surface area contributed by atoms with Gasteiger partial charge in [0.15, 0.2) is 9.84 Å². The highest BCUT2D eigenvalue weighted by molar-refractivity contribution is 7.91. The molecule has 134 valence electrons. The van der Waals surface area contributed by atoms with Crippen LogP contribution in [0.4, 0.5) is 15.9 Å². The second-order valence-electron chi connectivity index (χ2n) is 6.48. The molecule has 1 unspecified atom stereocenters. The third-order valence-corrected chi connectivity index (χ3v) is 6.62. The summed E-state index contributed by atoms with van der Waals surface area (Å²) in [5.41, 5.74) is 7.06. The van der Waals surface area contributed by atoms with Crippen LogP contribution in [0, 0.1) is 5.82 Å². The Bertz CT molecular complexity index is 1100. The van der Waals surface area contributed by atoms with Crippen LogP contribution in [0.1, 0.15) is 17.9 Å². The maximum absolute atomic E-state index is 14.0. The molecule has 0 spiro atoms. The van der Waals surface area contributed by atoms with E-state index in [2.05, 4.69) is 10.3 Å². The van der Waals surface area contributed by atoms with Gasteiger partial charge in [0, 0.05) is 28.9 Å². The lowest BCUT2D eigenvalue weighted by atomic mass is 9.95. The summed E-state index contributed by atoms with van der Waals surface area (Å²) in [5, 5.41) is 4.32. The summed E-state index contributed by atoms with van der Waals surface area (Å²) in [7, 11) is -3.21. The number of nitrogens with one attached hydrogen (secondary N) is 1. The summed E-state index contributed by atoms with van der Waals surface area (Å²) in [4.78, 5) is 4.57. The predicted octanol–water partition coefficient (Wildman–Crippen LogP) is 3.33. The molecule has 0 saturated heterocycles. The van der Waals surface area contributed by atoms with E-state index in [1.807, 2.05) is 12.1 Å². The molecular weight excluding hydrogens is 353 g/mol. The van der Waals surface area contributed by atoms with Gasteiger partial charge in [-0.05, 0) is 36.2 Å². The molecule has 0 fully saturated rings. The summed E-state index contributed by atoms with van der Waals surface area (Å²) in [6.07, 6.45) is 1.71. The molecule has 1 aliphatic heterocycles. The monoisotopic (exact) mass is 371 g/mol. The van der Waals surface area contributed by atoms with Crippen molar-refractivity contribution in [3.05, 3.63) is 60.0 Å². The number of nitrogens with zero attached hydrogens (tertiary/aromatic N) is 1. The Balaban J connectivity index is 1.65. The maximum atomic E-state index is 14.0. The Labute approximate surface area is 151 Å². The molecule has 1 atom stereocenters. The van der Waals surface area contributed by atoms with Gasteiger partial charge >= 0.3 is 0 Å². The Morgan fingerprint density at radius 1 is 1.19 bits per heavy atom. The molecule has 3 N–H and O–H groups in total. The van der Waals surface area contributed by atoms with Crippen LogP contribution in [0.5, 0.6) is 0 Å². The number of fused-ring (bicyclic) bond motifs is 2. The van der Waals surface area contributed by atoms with E-state index in [-0.39, 0.29) is 11.7 Å². The van der Waals surface area contributed by atoms with Gasteiger partial charge in [-0.25, -0.2) is 17.8 Å². The minimum atomic E-state index is -3.21. The molecule has 0 saturated carbocycles. The van der Waals surface area contributed by atoms with Crippen molar-refractivity contribution < 1.29 is 12.8 Å². The number of halogens is 1. The molecule has 0 aliphatic carbocycles. The SMILES string of the molecule is Nc1ccc2c(NCC3CCS(=O)(=O)c4ccccc43)ncc(F)c2c1. The van der Waals surface area contributed by atoms with Crippen LogP contribution in [-0.4, -0.2) is 25.7 Å². The summed E-state index contributed by atoms with van der Waals surface area (Å²) >= 11 is 0. The maximum Gasteiger partial charge on any atom is 0.178 e. The van der Waals surface area contributed by atoms with Crippen LogP contribution < -0.4 is 11.1 Å². The van der Waals surface area contributed by atoms with E-state index in [1.165, 1.54) is 6.20 Å². The van der Waals surface area contributed by atoms with E-state index < -0.39 is 15.7 Å². The van der Waals surface area contributed by atoms with E-state index >= 15 is 0 Å². The fourth-order valence-corrected chi connectivity index (χ4v) is 5.16. The highest BCUT2D eigenvalue weighted by Gasteiger charge is 2.29. The third-order valence-electron chi connectivity index (χ3n) is 4.81. The molecule has 2 aromatic carbocycles. The Kier molecular flexibility index (Phi) is 4.03. The van der Waals surface area contributed by atoms with Gasteiger partial charge in [0.25, 0.3) is 0 Å². The van der Waals surface area contributed by atoms with Gasteiger partial charge in [-0.1, -0.05) is 18.2 Å². The van der Waals surface area contributed by atoms with Crippen LogP contribution in [0.15, 0.2) is 53.6 Å². The second-order valence-corrected chi connectivity index (χ2v) is 8.56. The minimum absolute atomic E-state index is 0.0467. The van der Waals surface area contributed by atoms with E-state index in [9.17, 15) is 12.8 Å². The van der Waals surface area contributed by atoms with Gasteiger partial charge in [0.1, 0.15) is 11.6 Å². The van der Waals surface area contributed by atoms with Crippen molar-refractivity contribution in [1.82, 2.24) is 4.98 Å². The number of pyridine rings is 1. The molecule has 5 nitrogen and oxygen atoms in total. The van der Waals surface area contributed by atoms with Crippen LogP contribution in [0.2, 0.25) is 0 Å². The molecule has 3 aromatic rings. The predicted molar refractivity (Wildman–Crippen MR) is 100 cm³/mol. The lowest BCUT2D eigenvalue weighted by Gasteiger charge is -2.26. The largest absolute Gasteiger partial charge is 0.399 e. The topological polar surface area (TPSA) is 85.1 Å². The lowest BCUT2D eigenvalue weighted by molar-refractivity contribution is 0.569. The fourth-order valence-electron chi connectivity index (χ4n) is 3.46. The zero-order valence-electron chi connectivity index (χ0n) is 13.9. The molecule has 7 heteroatoms. The molecule has 0 radical (unpaired) electrons. The lowest BCUT2D eigenvalue weighted by Crippen LogP contribution is -2.24. The number of hydrogen-bond acceptors (Lipinski definition) is 5. The first kappa shape index (κ1) is 16.8. The van der Waals surface area contributed by atoms with Crippen molar-refractivity contribution in [3.63, 3.8) is 0 Å². The van der Waals surface area contributed by atoms with E-state index in [0.717, 1.165) is 5.56 Å². The van der Waals surface area contributed by atoms with Gasteiger partial charge in [-0.2, -0.15) is 0 Å². The van der Waals surface area contributed by atoms with E-state index in [1.54, 1.807) is 30.3 Å². The zero-order chi connectivity index (χ0) is 18.3. The molecule has 4 rings (SSSR count). The molecule has 0 amide bonds. The summed E-state index contributed by atoms with van der Waals surface area (Å²) in [6.45, 7) is 0.518. The average molecular weight is 371 g/mol. The number of nitrogens with two attached hydrogens (primary N) is 1. The molecule has 2 heterocycles. The summed E-state index contributed by atoms with van der Waals surface area (Å²) < 4.78 is 38.5. The third kappa shape index (κ3) is 2.88. The molecule has 1 aliphatic rings. The van der Waals surface area contributed by atoms with Crippen molar-refractivity contribution in [2.75, 3.05) is 23.3 Å². The standard InChI is InChI=1S/C19H18FN3O2S/c20-17-11-23-19(15-6-5-13(21)9-16(15)17)22-10-12-7-8-26(24,25)18-4-2-1-3-14(12)18/h1-6,9,11-12H,7-8,10,21H2,(H,22,23). The smallest absolute Gasteiger partial charge is 0.178 e. The molecule has 0 bridgehead atoms. The number of nitrogen functional groups attached to an aromatic ring is 1. The van der Waals surface area contributed by atoms with Crippen molar-refractivity contribution in [1.29, 1.82) is 0 Å². The van der Waals surface area contributed by atoms with Gasteiger partial charge < -0.3 is 11.1 Å². The van der Waals surface area contributed by atoms with Crippen LogP contribution in [0.25, 0.3) is 10.8 Å². The molecular formula is C19H18FN3O2S. The van der Waals surface area contributed by atoms with Gasteiger partial charge in [0.05, 0.1) is 16.8 Å². The second kappa shape index (κ2) is 6.25. The highest BCUT2D eigenvalue weighted by atomic mass is 32.2. The number of rotatable bonds is 3. The van der Waals surface area contributed by atoms with Crippen LogP contribution in [-0.2, 0) is 9.84 Å². The first-order chi connectivity index (χ1) is 12.5. The van der Waals surface area contributed by atoms with Crippen LogP contribution in [0.3, 0.4) is 0 Å². The zero-order valence-corrected chi connectivity index (χ0v) is 14.8. The molecule has 26 heavy (non-hydrogen) atoms. The quantitative estimate of drug-likeness (QED) is 0.690. The molecule has 1 aromatic heterocycles. The minimum Gasteiger partial charge on any atom is -0.399 e. The summed E-state index contributed by atoms with van der Waals surface area (Å²) in [6, 6.07) is 12.1. The van der Waals surface area contributed by atoms with Crippen molar-refractivity contribution in [2.45, 2.75) is 17.2 Å². The van der Waals surface area contributed by atoms with Gasteiger partial charge in [-0.15, -0.1) is 0 Å². The highest BCUT2D eigenvalue weighted by Crippen LogP contribution is 2.34.